The minimum atomic E-state index is 0. The van der Waals surface area contributed by atoms with Gasteiger partial charge in [-0.1, -0.05) is 11.6 Å². The molecule has 0 amide bonds. The molecule has 6 nitrogen and oxygen atoms in total. The van der Waals surface area contributed by atoms with E-state index in [4.69, 9.17) is 14.2 Å². The number of ether oxygens (including phenoxy) is 3. The number of nitrogens with zero attached hydrogens (tertiary/aromatic N) is 1. The first-order chi connectivity index (χ1) is 13.8. The molecule has 1 aliphatic heterocycles. The normalized spacial score (nSPS) is 17.3. The molecule has 1 aliphatic carbocycles. The van der Waals surface area contributed by atoms with E-state index in [1.165, 1.54) is 18.4 Å². The molecule has 0 unspecified atom stereocenters. The van der Waals surface area contributed by atoms with E-state index >= 15 is 0 Å². The summed E-state index contributed by atoms with van der Waals surface area (Å²) in [6, 6.07) is 6.03. The number of guanidine groups is 1. The standard InChI is InChI=1S/C22H33N3O3.HI/c1-23-22(24-12-9-17-10-13-27-14-11-17)25-16-18-7-8-20(26-2)15-21(18)28-19-5-3-4-6-19;/h7-8,10,15,19H,3-6,9,11-14,16H2,1-2H3,(H2,23,24,25);1H. The summed E-state index contributed by atoms with van der Waals surface area (Å²) in [7, 11) is 3.49. The number of aliphatic imine (C=N–C) groups is 1. The largest absolute Gasteiger partial charge is 0.497 e. The fourth-order valence-corrected chi connectivity index (χ4v) is 3.64. The lowest BCUT2D eigenvalue weighted by Gasteiger charge is -2.19. The zero-order chi connectivity index (χ0) is 19.6. The van der Waals surface area contributed by atoms with Gasteiger partial charge in [0, 0.05) is 31.8 Å². The first-order valence-electron chi connectivity index (χ1n) is 10.3. The highest BCUT2D eigenvalue weighted by Gasteiger charge is 2.18. The topological polar surface area (TPSA) is 64.1 Å². The zero-order valence-electron chi connectivity index (χ0n) is 17.5. The summed E-state index contributed by atoms with van der Waals surface area (Å²) in [6.07, 6.45) is 9.32. The maximum atomic E-state index is 6.28. The van der Waals surface area contributed by atoms with Gasteiger partial charge in [-0.05, 0) is 50.7 Å². The predicted octanol–water partition coefficient (Wildman–Crippen LogP) is 4.04. The van der Waals surface area contributed by atoms with Gasteiger partial charge in [0.15, 0.2) is 5.96 Å². The molecule has 29 heavy (non-hydrogen) atoms. The monoisotopic (exact) mass is 515 g/mol. The minimum absolute atomic E-state index is 0. The molecule has 1 fully saturated rings. The van der Waals surface area contributed by atoms with Crippen molar-refractivity contribution < 1.29 is 14.2 Å². The lowest BCUT2D eigenvalue weighted by molar-refractivity contribution is 0.153. The SMILES string of the molecule is CN=C(NCCC1=CCOCC1)NCc1ccc(OC)cc1OC1CCCC1.I. The average Bonchev–Trinajstić information content (AvgIpc) is 3.25. The number of benzene rings is 1. The summed E-state index contributed by atoms with van der Waals surface area (Å²) < 4.78 is 17.0. The summed E-state index contributed by atoms with van der Waals surface area (Å²) >= 11 is 0. The van der Waals surface area contributed by atoms with Crippen LogP contribution in [0.2, 0.25) is 0 Å². The molecule has 0 saturated heterocycles. The Morgan fingerprint density at radius 1 is 1.24 bits per heavy atom. The van der Waals surface area contributed by atoms with Crippen LogP contribution in [-0.2, 0) is 11.3 Å². The zero-order valence-corrected chi connectivity index (χ0v) is 19.9. The summed E-state index contributed by atoms with van der Waals surface area (Å²) in [4.78, 5) is 4.34. The molecule has 0 spiro atoms. The van der Waals surface area contributed by atoms with Crippen LogP contribution < -0.4 is 20.1 Å². The Hall–Kier alpha value is -1.48. The Balaban J connectivity index is 0.00000300. The Bertz CT molecular complexity index is 688. The molecule has 1 saturated carbocycles. The van der Waals surface area contributed by atoms with E-state index in [-0.39, 0.29) is 24.0 Å². The average molecular weight is 515 g/mol. The fourth-order valence-electron chi connectivity index (χ4n) is 3.64. The van der Waals surface area contributed by atoms with Crippen molar-refractivity contribution in [1.29, 1.82) is 0 Å². The van der Waals surface area contributed by atoms with E-state index in [9.17, 15) is 0 Å². The van der Waals surface area contributed by atoms with Crippen LogP contribution >= 0.6 is 24.0 Å². The number of hydrogen-bond acceptors (Lipinski definition) is 4. The highest BCUT2D eigenvalue weighted by atomic mass is 127. The molecule has 0 aromatic heterocycles. The number of rotatable bonds is 8. The van der Waals surface area contributed by atoms with Crippen molar-refractivity contribution >= 4 is 29.9 Å². The molecule has 2 aliphatic rings. The Morgan fingerprint density at radius 2 is 2.07 bits per heavy atom. The second kappa shape index (κ2) is 13.0. The summed E-state index contributed by atoms with van der Waals surface area (Å²) in [5, 5.41) is 6.79. The molecule has 3 rings (SSSR count). The molecule has 1 aromatic rings. The van der Waals surface area contributed by atoms with Crippen molar-refractivity contribution in [3.8, 4) is 11.5 Å². The van der Waals surface area contributed by atoms with E-state index in [2.05, 4.69) is 27.8 Å². The Morgan fingerprint density at radius 3 is 2.76 bits per heavy atom. The van der Waals surface area contributed by atoms with Crippen molar-refractivity contribution in [2.45, 2.75) is 51.2 Å². The molecule has 7 heteroatoms. The van der Waals surface area contributed by atoms with Gasteiger partial charge in [0.1, 0.15) is 11.5 Å². The second-order valence-corrected chi connectivity index (χ2v) is 7.29. The molecule has 1 aromatic carbocycles. The van der Waals surface area contributed by atoms with Gasteiger partial charge in [0.05, 0.1) is 26.4 Å². The first-order valence-corrected chi connectivity index (χ1v) is 10.3. The highest BCUT2D eigenvalue weighted by Crippen LogP contribution is 2.30. The molecular formula is C22H34IN3O3. The minimum Gasteiger partial charge on any atom is -0.497 e. The third kappa shape index (κ3) is 7.70. The molecular weight excluding hydrogens is 481 g/mol. The van der Waals surface area contributed by atoms with Gasteiger partial charge in [0.2, 0.25) is 0 Å². The molecule has 0 atom stereocenters. The van der Waals surface area contributed by atoms with Gasteiger partial charge >= 0.3 is 0 Å². The van der Waals surface area contributed by atoms with Crippen LogP contribution in [0.1, 0.15) is 44.1 Å². The van der Waals surface area contributed by atoms with Crippen LogP contribution in [0.5, 0.6) is 11.5 Å². The number of nitrogens with one attached hydrogen (secondary N) is 2. The fraction of sp³-hybridized carbons (Fsp3) is 0.591. The van der Waals surface area contributed by atoms with E-state index in [0.717, 1.165) is 68.5 Å². The van der Waals surface area contributed by atoms with E-state index in [0.29, 0.717) is 12.6 Å². The maximum absolute atomic E-state index is 6.28. The van der Waals surface area contributed by atoms with Crippen molar-refractivity contribution in [2.24, 2.45) is 4.99 Å². The van der Waals surface area contributed by atoms with Gasteiger partial charge in [-0.2, -0.15) is 0 Å². The van der Waals surface area contributed by atoms with Gasteiger partial charge in [-0.15, -0.1) is 24.0 Å². The van der Waals surface area contributed by atoms with Crippen LogP contribution in [0.4, 0.5) is 0 Å². The van der Waals surface area contributed by atoms with Crippen LogP contribution in [0.25, 0.3) is 0 Å². The van der Waals surface area contributed by atoms with Crippen LogP contribution in [0.3, 0.4) is 0 Å². The van der Waals surface area contributed by atoms with Crippen LogP contribution in [0.15, 0.2) is 34.8 Å². The van der Waals surface area contributed by atoms with Gasteiger partial charge < -0.3 is 24.8 Å². The second-order valence-electron chi connectivity index (χ2n) is 7.29. The van der Waals surface area contributed by atoms with Crippen molar-refractivity contribution in [3.05, 3.63) is 35.4 Å². The molecule has 1 heterocycles. The maximum Gasteiger partial charge on any atom is 0.191 e. The number of hydrogen-bond donors (Lipinski definition) is 2. The van der Waals surface area contributed by atoms with Gasteiger partial charge in [0.25, 0.3) is 0 Å². The summed E-state index contributed by atoms with van der Waals surface area (Å²) in [5.74, 6) is 2.53. The van der Waals surface area contributed by atoms with Crippen molar-refractivity contribution in [3.63, 3.8) is 0 Å². The number of halogens is 1. The van der Waals surface area contributed by atoms with E-state index in [1.54, 1.807) is 14.2 Å². The third-order valence-electron chi connectivity index (χ3n) is 5.34. The smallest absolute Gasteiger partial charge is 0.191 e. The summed E-state index contributed by atoms with van der Waals surface area (Å²) in [6.45, 7) is 3.09. The quantitative estimate of drug-likeness (QED) is 0.237. The lowest BCUT2D eigenvalue weighted by atomic mass is 10.1. The van der Waals surface area contributed by atoms with Gasteiger partial charge in [-0.25, -0.2) is 0 Å². The third-order valence-corrected chi connectivity index (χ3v) is 5.34. The Labute approximate surface area is 191 Å². The van der Waals surface area contributed by atoms with E-state index in [1.807, 2.05) is 12.1 Å². The summed E-state index contributed by atoms with van der Waals surface area (Å²) in [5.41, 5.74) is 2.57. The van der Waals surface area contributed by atoms with E-state index < -0.39 is 0 Å². The molecule has 0 bridgehead atoms. The number of methoxy groups -OCH3 is 1. The first kappa shape index (κ1) is 23.8. The highest BCUT2D eigenvalue weighted by molar-refractivity contribution is 14.0. The Kier molecular flexibility index (Phi) is 10.6. The van der Waals surface area contributed by atoms with Crippen LogP contribution in [-0.4, -0.2) is 46.0 Å². The lowest BCUT2D eigenvalue weighted by Crippen LogP contribution is -2.37. The molecule has 162 valence electrons. The molecule has 2 N–H and O–H groups in total. The van der Waals surface area contributed by atoms with Crippen molar-refractivity contribution in [2.75, 3.05) is 33.9 Å². The molecule has 0 radical (unpaired) electrons. The van der Waals surface area contributed by atoms with Crippen LogP contribution in [0, 0.1) is 0 Å². The predicted molar refractivity (Wildman–Crippen MR) is 128 cm³/mol. The van der Waals surface area contributed by atoms with Crippen molar-refractivity contribution in [1.82, 2.24) is 10.6 Å². The van der Waals surface area contributed by atoms with Gasteiger partial charge in [-0.3, -0.25) is 4.99 Å².